The normalized spacial score (nSPS) is 10.7. The van der Waals surface area contributed by atoms with E-state index in [1.54, 1.807) is 0 Å². The quantitative estimate of drug-likeness (QED) is 0.825. The molecule has 0 heterocycles. The van der Waals surface area contributed by atoms with Crippen LogP contribution < -0.4 is 10.6 Å². The Bertz CT molecular complexity index is 368. The zero-order valence-electron chi connectivity index (χ0n) is 11.5. The van der Waals surface area contributed by atoms with Gasteiger partial charge in [0, 0.05) is 18.7 Å². The van der Waals surface area contributed by atoms with Crippen LogP contribution in [0.25, 0.3) is 0 Å². The van der Waals surface area contributed by atoms with Gasteiger partial charge in [0.15, 0.2) is 0 Å². The summed E-state index contributed by atoms with van der Waals surface area (Å²) in [5.74, 6) is -0.0132. The van der Waals surface area contributed by atoms with Crippen LogP contribution in [0.1, 0.15) is 36.7 Å². The van der Waals surface area contributed by atoms with E-state index in [9.17, 15) is 4.79 Å². The van der Waals surface area contributed by atoms with Crippen molar-refractivity contribution in [3.8, 4) is 0 Å². The van der Waals surface area contributed by atoms with Crippen molar-refractivity contribution < 1.29 is 4.79 Å². The van der Waals surface area contributed by atoms with Crippen LogP contribution in [0.3, 0.4) is 0 Å². The van der Waals surface area contributed by atoms with Gasteiger partial charge in [-0.25, -0.2) is 0 Å². The fourth-order valence-electron chi connectivity index (χ4n) is 1.52. The number of carbonyl (C=O) groups excluding carboxylic acids is 1. The van der Waals surface area contributed by atoms with E-state index in [1.807, 2.05) is 31.3 Å². The number of likely N-dealkylation sites (N-methyl/N-ethyl adjacent to an activating group) is 1. The summed E-state index contributed by atoms with van der Waals surface area (Å²) < 4.78 is 0. The van der Waals surface area contributed by atoms with Crippen molar-refractivity contribution >= 4 is 18.3 Å². The van der Waals surface area contributed by atoms with Crippen LogP contribution in [-0.2, 0) is 5.41 Å². The van der Waals surface area contributed by atoms with Gasteiger partial charge in [0.2, 0.25) is 0 Å². The number of amides is 1. The van der Waals surface area contributed by atoms with Crippen LogP contribution in [0.15, 0.2) is 24.3 Å². The van der Waals surface area contributed by atoms with Crippen LogP contribution in [0.4, 0.5) is 0 Å². The minimum atomic E-state index is -0.0132. The maximum absolute atomic E-state index is 11.7. The lowest BCUT2D eigenvalue weighted by Gasteiger charge is -2.19. The lowest BCUT2D eigenvalue weighted by Crippen LogP contribution is -2.30. The first-order valence-corrected chi connectivity index (χ1v) is 5.98. The van der Waals surface area contributed by atoms with Crippen molar-refractivity contribution in [2.24, 2.45) is 0 Å². The van der Waals surface area contributed by atoms with E-state index in [-0.39, 0.29) is 23.7 Å². The van der Waals surface area contributed by atoms with Gasteiger partial charge in [-0.3, -0.25) is 4.79 Å². The molecule has 1 aromatic carbocycles. The monoisotopic (exact) mass is 270 g/mol. The third kappa shape index (κ3) is 5.07. The van der Waals surface area contributed by atoms with Crippen molar-refractivity contribution in [3.05, 3.63) is 35.4 Å². The predicted molar refractivity (Wildman–Crippen MR) is 78.6 cm³/mol. The number of carbonyl (C=O) groups is 1. The molecule has 0 spiro atoms. The molecular formula is C14H23ClN2O. The fourth-order valence-corrected chi connectivity index (χ4v) is 1.52. The highest BCUT2D eigenvalue weighted by molar-refractivity contribution is 5.94. The molecule has 0 saturated heterocycles. The molecule has 0 unspecified atom stereocenters. The Labute approximate surface area is 116 Å². The minimum absolute atomic E-state index is 0. The molecule has 0 aromatic heterocycles. The molecule has 0 aliphatic rings. The third-order valence-electron chi connectivity index (χ3n) is 2.67. The fraction of sp³-hybridized carbons (Fsp3) is 0.500. The molecule has 0 fully saturated rings. The Hall–Kier alpha value is -1.06. The number of benzene rings is 1. The zero-order valence-corrected chi connectivity index (χ0v) is 12.4. The van der Waals surface area contributed by atoms with Crippen LogP contribution in [-0.4, -0.2) is 26.0 Å². The second-order valence-corrected chi connectivity index (χ2v) is 5.19. The highest BCUT2D eigenvalue weighted by Gasteiger charge is 2.13. The van der Waals surface area contributed by atoms with Crippen molar-refractivity contribution in [2.75, 3.05) is 20.1 Å². The second kappa shape index (κ2) is 7.39. The number of hydrogen-bond acceptors (Lipinski definition) is 2. The van der Waals surface area contributed by atoms with Gasteiger partial charge in [-0.1, -0.05) is 32.9 Å². The average molecular weight is 271 g/mol. The van der Waals surface area contributed by atoms with Crippen LogP contribution >= 0.6 is 12.4 Å². The standard InChI is InChI=1S/C14H22N2O.ClH/c1-14(2,3)12-7-5-11(6-8-12)13(17)16-10-9-15-4;/h5-8,15H,9-10H2,1-4H3,(H,16,17);1H. The molecule has 0 atom stereocenters. The number of rotatable bonds is 4. The molecule has 0 bridgehead atoms. The van der Waals surface area contributed by atoms with Gasteiger partial charge in [0.25, 0.3) is 5.91 Å². The molecule has 1 amide bonds. The molecule has 0 radical (unpaired) electrons. The lowest BCUT2D eigenvalue weighted by molar-refractivity contribution is 0.0954. The highest BCUT2D eigenvalue weighted by atomic mass is 35.5. The van der Waals surface area contributed by atoms with E-state index < -0.39 is 0 Å². The number of halogens is 1. The molecule has 3 nitrogen and oxygen atoms in total. The zero-order chi connectivity index (χ0) is 12.9. The highest BCUT2D eigenvalue weighted by Crippen LogP contribution is 2.22. The van der Waals surface area contributed by atoms with Crippen molar-refractivity contribution in [1.29, 1.82) is 0 Å². The Balaban J connectivity index is 0.00000289. The molecule has 0 saturated carbocycles. The molecule has 18 heavy (non-hydrogen) atoms. The SMILES string of the molecule is CNCCNC(=O)c1ccc(C(C)(C)C)cc1.Cl. The molecular weight excluding hydrogens is 248 g/mol. The molecule has 0 aliphatic carbocycles. The van der Waals surface area contributed by atoms with Crippen molar-refractivity contribution in [2.45, 2.75) is 26.2 Å². The lowest BCUT2D eigenvalue weighted by atomic mass is 9.87. The first-order chi connectivity index (χ1) is 7.95. The first kappa shape index (κ1) is 16.9. The molecule has 2 N–H and O–H groups in total. The van der Waals surface area contributed by atoms with Gasteiger partial charge >= 0.3 is 0 Å². The van der Waals surface area contributed by atoms with E-state index in [0.717, 1.165) is 6.54 Å². The Morgan fingerprint density at radius 1 is 1.11 bits per heavy atom. The van der Waals surface area contributed by atoms with E-state index in [1.165, 1.54) is 5.56 Å². The topological polar surface area (TPSA) is 41.1 Å². The van der Waals surface area contributed by atoms with E-state index in [0.29, 0.717) is 12.1 Å². The predicted octanol–water partition coefficient (Wildman–Crippen LogP) is 2.36. The van der Waals surface area contributed by atoms with E-state index >= 15 is 0 Å². The maximum Gasteiger partial charge on any atom is 0.251 e. The summed E-state index contributed by atoms with van der Waals surface area (Å²) >= 11 is 0. The van der Waals surface area contributed by atoms with Crippen LogP contribution in [0.5, 0.6) is 0 Å². The molecule has 102 valence electrons. The van der Waals surface area contributed by atoms with Crippen molar-refractivity contribution in [1.82, 2.24) is 10.6 Å². The van der Waals surface area contributed by atoms with E-state index in [4.69, 9.17) is 0 Å². The molecule has 1 aromatic rings. The van der Waals surface area contributed by atoms with Gasteiger partial charge in [-0.05, 0) is 30.2 Å². The summed E-state index contributed by atoms with van der Waals surface area (Å²) in [7, 11) is 1.87. The summed E-state index contributed by atoms with van der Waals surface area (Å²) in [5.41, 5.74) is 2.08. The second-order valence-electron chi connectivity index (χ2n) is 5.19. The van der Waals surface area contributed by atoms with Gasteiger partial charge in [-0.15, -0.1) is 12.4 Å². The average Bonchev–Trinajstić information content (AvgIpc) is 2.28. The number of nitrogens with one attached hydrogen (secondary N) is 2. The number of hydrogen-bond donors (Lipinski definition) is 2. The Morgan fingerprint density at radius 2 is 1.67 bits per heavy atom. The smallest absolute Gasteiger partial charge is 0.251 e. The largest absolute Gasteiger partial charge is 0.351 e. The minimum Gasteiger partial charge on any atom is -0.351 e. The van der Waals surface area contributed by atoms with E-state index in [2.05, 4.69) is 31.4 Å². The van der Waals surface area contributed by atoms with Gasteiger partial charge in [0.05, 0.1) is 0 Å². The Kier molecular flexibility index (Phi) is 6.96. The van der Waals surface area contributed by atoms with Crippen LogP contribution in [0, 0.1) is 0 Å². The Morgan fingerprint density at radius 3 is 2.11 bits per heavy atom. The first-order valence-electron chi connectivity index (χ1n) is 5.98. The summed E-state index contributed by atoms with van der Waals surface area (Å²) in [4.78, 5) is 11.7. The summed E-state index contributed by atoms with van der Waals surface area (Å²) in [5, 5.41) is 5.85. The maximum atomic E-state index is 11.7. The summed E-state index contributed by atoms with van der Waals surface area (Å²) in [6.45, 7) is 7.92. The van der Waals surface area contributed by atoms with Crippen molar-refractivity contribution in [3.63, 3.8) is 0 Å². The third-order valence-corrected chi connectivity index (χ3v) is 2.67. The van der Waals surface area contributed by atoms with Gasteiger partial charge < -0.3 is 10.6 Å². The summed E-state index contributed by atoms with van der Waals surface area (Å²) in [6, 6.07) is 7.81. The summed E-state index contributed by atoms with van der Waals surface area (Å²) in [6.07, 6.45) is 0. The molecule has 1 rings (SSSR count). The van der Waals surface area contributed by atoms with Crippen LogP contribution in [0.2, 0.25) is 0 Å². The van der Waals surface area contributed by atoms with Gasteiger partial charge in [0.1, 0.15) is 0 Å². The molecule has 4 heteroatoms. The van der Waals surface area contributed by atoms with Gasteiger partial charge in [-0.2, -0.15) is 0 Å². The molecule has 0 aliphatic heterocycles.